The first kappa shape index (κ1) is 29.6. The lowest BCUT2D eigenvalue weighted by Gasteiger charge is -2.22. The number of hydrogen-bond acceptors (Lipinski definition) is 7. The molecule has 0 radical (unpaired) electrons. The van der Waals surface area contributed by atoms with Crippen molar-refractivity contribution in [3.8, 4) is 5.75 Å². The summed E-state index contributed by atoms with van der Waals surface area (Å²) in [6.45, 7) is 0.246. The number of halogens is 4. The van der Waals surface area contributed by atoms with Crippen molar-refractivity contribution in [2.45, 2.75) is 31.8 Å². The Hall–Kier alpha value is -4.95. The number of anilines is 1. The maximum atomic E-state index is 13.8. The molecule has 3 rings (SSSR count). The highest BCUT2D eigenvalue weighted by Gasteiger charge is 2.30. The summed E-state index contributed by atoms with van der Waals surface area (Å²) in [7, 11) is 0. The number of aromatic nitrogens is 1. The molecule has 2 atom stereocenters. The van der Waals surface area contributed by atoms with Crippen molar-refractivity contribution in [1.82, 2.24) is 9.88 Å². The number of Topliss-reactive ketones (excluding diaryl/α,β-unsaturated/α-hetero) is 1. The SMILES string of the molecule is CCC(C(=O)N[C@@H](CC(=O)O)C(=O)COc1c(F)c(F)cc(F)c1F)n1cccc(NC(=O)c2ccoc2)c1=O. The number of amides is 2. The van der Waals surface area contributed by atoms with Crippen molar-refractivity contribution >= 4 is 29.3 Å². The molecule has 1 aromatic carbocycles. The molecule has 2 amide bonds. The lowest BCUT2D eigenvalue weighted by atomic mass is 10.1. The summed E-state index contributed by atoms with van der Waals surface area (Å²) in [5.41, 5.74) is -0.875. The van der Waals surface area contributed by atoms with E-state index in [1.54, 1.807) is 0 Å². The highest BCUT2D eigenvalue weighted by Crippen LogP contribution is 2.26. The van der Waals surface area contributed by atoms with E-state index in [2.05, 4.69) is 15.4 Å². The van der Waals surface area contributed by atoms with Crippen LogP contribution in [-0.2, 0) is 14.4 Å². The van der Waals surface area contributed by atoms with E-state index in [4.69, 9.17) is 4.42 Å². The zero-order chi connectivity index (χ0) is 29.6. The smallest absolute Gasteiger partial charge is 0.305 e. The van der Waals surface area contributed by atoms with Gasteiger partial charge in [-0.25, -0.2) is 8.78 Å². The van der Waals surface area contributed by atoms with Crippen LogP contribution in [0.3, 0.4) is 0 Å². The zero-order valence-electron chi connectivity index (χ0n) is 20.6. The van der Waals surface area contributed by atoms with Crippen molar-refractivity contribution in [3.05, 3.63) is 82.2 Å². The Morgan fingerprint density at radius 3 is 2.35 bits per heavy atom. The maximum Gasteiger partial charge on any atom is 0.305 e. The molecule has 0 aliphatic carbocycles. The van der Waals surface area contributed by atoms with Crippen LogP contribution in [0, 0.1) is 23.3 Å². The molecule has 0 saturated heterocycles. The third-order valence-corrected chi connectivity index (χ3v) is 5.55. The van der Waals surface area contributed by atoms with Crippen molar-refractivity contribution in [2.24, 2.45) is 0 Å². The van der Waals surface area contributed by atoms with Gasteiger partial charge in [-0.05, 0) is 24.6 Å². The van der Waals surface area contributed by atoms with Gasteiger partial charge >= 0.3 is 5.97 Å². The second-order valence-electron chi connectivity index (χ2n) is 8.24. The second kappa shape index (κ2) is 12.7. The van der Waals surface area contributed by atoms with E-state index in [9.17, 15) is 46.6 Å². The Balaban J connectivity index is 1.79. The highest BCUT2D eigenvalue weighted by atomic mass is 19.2. The molecular weight excluding hydrogens is 546 g/mol. The summed E-state index contributed by atoms with van der Waals surface area (Å²) in [6.07, 6.45) is 2.59. The van der Waals surface area contributed by atoms with E-state index in [1.807, 2.05) is 0 Å². The predicted molar refractivity (Wildman–Crippen MR) is 128 cm³/mol. The Morgan fingerprint density at radius 1 is 1.10 bits per heavy atom. The molecule has 0 spiro atoms. The number of rotatable bonds is 12. The van der Waals surface area contributed by atoms with E-state index in [0.29, 0.717) is 0 Å². The van der Waals surface area contributed by atoms with Gasteiger partial charge in [0.25, 0.3) is 11.5 Å². The van der Waals surface area contributed by atoms with Crippen LogP contribution in [0.15, 0.2) is 52.2 Å². The molecule has 0 aliphatic rings. The predicted octanol–water partition coefficient (Wildman–Crippen LogP) is 2.81. The van der Waals surface area contributed by atoms with E-state index in [0.717, 1.165) is 10.8 Å². The number of furan rings is 1. The third-order valence-electron chi connectivity index (χ3n) is 5.55. The third kappa shape index (κ3) is 6.73. The number of nitrogens with zero attached hydrogens (tertiary/aromatic N) is 1. The van der Waals surface area contributed by atoms with Gasteiger partial charge < -0.3 is 29.5 Å². The molecule has 3 aromatic rings. The van der Waals surface area contributed by atoms with Crippen molar-refractivity contribution in [3.63, 3.8) is 0 Å². The molecule has 1 unspecified atom stereocenters. The fourth-order valence-electron chi connectivity index (χ4n) is 3.56. The first-order valence-corrected chi connectivity index (χ1v) is 11.5. The molecule has 2 heterocycles. The monoisotopic (exact) mass is 567 g/mol. The number of benzene rings is 1. The van der Waals surface area contributed by atoms with Gasteiger partial charge in [0.1, 0.15) is 30.6 Å². The summed E-state index contributed by atoms with van der Waals surface area (Å²) >= 11 is 0. The fraction of sp³-hybridized carbons (Fsp3) is 0.240. The van der Waals surface area contributed by atoms with E-state index in [1.165, 1.54) is 37.6 Å². The minimum absolute atomic E-state index is 0.0334. The highest BCUT2D eigenvalue weighted by molar-refractivity contribution is 6.03. The van der Waals surface area contributed by atoms with Crippen molar-refractivity contribution in [2.75, 3.05) is 11.9 Å². The first-order valence-electron chi connectivity index (χ1n) is 11.5. The van der Waals surface area contributed by atoms with Gasteiger partial charge in [-0.3, -0.25) is 24.0 Å². The van der Waals surface area contributed by atoms with Crippen LogP contribution >= 0.6 is 0 Å². The minimum Gasteiger partial charge on any atom is -0.481 e. The number of carbonyl (C=O) groups is 4. The number of nitrogens with one attached hydrogen (secondary N) is 2. The Bertz CT molecular complexity index is 1460. The van der Waals surface area contributed by atoms with Crippen LogP contribution in [0.1, 0.15) is 36.2 Å². The van der Waals surface area contributed by atoms with Crippen LogP contribution in [0.2, 0.25) is 0 Å². The summed E-state index contributed by atoms with van der Waals surface area (Å²) in [6, 6.07) is 0.812. The van der Waals surface area contributed by atoms with Crippen molar-refractivity contribution in [1.29, 1.82) is 0 Å². The fourth-order valence-corrected chi connectivity index (χ4v) is 3.56. The van der Waals surface area contributed by atoms with E-state index in [-0.39, 0.29) is 23.7 Å². The van der Waals surface area contributed by atoms with Crippen molar-refractivity contribution < 1.29 is 51.0 Å². The standard InChI is InChI=1S/C25H21F4N3O8/c1-2-17(32-6-3-4-15(25(32)38)30-23(36)12-5-7-39-10-12)24(37)31-16(9-19(34)35)18(33)11-40-22-20(28)13(26)8-14(27)21(22)29/h3-8,10,16-17H,2,9,11H2,1H3,(H,30,36)(H,31,37)(H,34,35)/t16-,17?/m0/s1. The van der Waals surface area contributed by atoms with Crippen LogP contribution in [0.25, 0.3) is 0 Å². The number of ketones is 1. The molecule has 212 valence electrons. The number of pyridine rings is 1. The molecular formula is C25H21F4N3O8. The topological polar surface area (TPSA) is 157 Å². The molecule has 2 aromatic heterocycles. The van der Waals surface area contributed by atoms with Crippen LogP contribution in [0.5, 0.6) is 5.75 Å². The number of hydrogen-bond donors (Lipinski definition) is 3. The van der Waals surface area contributed by atoms with E-state index < -0.39 is 83.3 Å². The van der Waals surface area contributed by atoms with Gasteiger partial charge in [-0.15, -0.1) is 0 Å². The van der Waals surface area contributed by atoms with E-state index >= 15 is 0 Å². The van der Waals surface area contributed by atoms with Crippen LogP contribution in [0.4, 0.5) is 23.2 Å². The normalized spacial score (nSPS) is 12.3. The second-order valence-corrected chi connectivity index (χ2v) is 8.24. The molecule has 3 N–H and O–H groups in total. The molecule has 11 nitrogen and oxygen atoms in total. The van der Waals surface area contributed by atoms with Gasteiger partial charge in [-0.2, -0.15) is 8.78 Å². The Morgan fingerprint density at radius 2 is 1.77 bits per heavy atom. The number of carbonyl (C=O) groups excluding carboxylic acids is 3. The van der Waals surface area contributed by atoms with Gasteiger partial charge in [-0.1, -0.05) is 6.92 Å². The quantitative estimate of drug-likeness (QED) is 0.223. The average molecular weight is 567 g/mol. The Labute approximate surface area is 222 Å². The average Bonchev–Trinajstić information content (AvgIpc) is 3.44. The number of aliphatic carboxylic acids is 1. The van der Waals surface area contributed by atoms with Gasteiger partial charge in [0.05, 0.1) is 18.2 Å². The molecule has 0 bridgehead atoms. The molecule has 15 heteroatoms. The first-order chi connectivity index (χ1) is 18.9. The Kier molecular flexibility index (Phi) is 9.42. The molecule has 40 heavy (non-hydrogen) atoms. The molecule has 0 aliphatic heterocycles. The van der Waals surface area contributed by atoms with Gasteiger partial charge in [0.2, 0.25) is 17.5 Å². The van der Waals surface area contributed by atoms with Gasteiger partial charge in [0.15, 0.2) is 23.2 Å². The molecule has 0 fully saturated rings. The van der Waals surface area contributed by atoms with Crippen LogP contribution in [-0.4, -0.2) is 45.9 Å². The summed E-state index contributed by atoms with van der Waals surface area (Å²) in [4.78, 5) is 62.2. The molecule has 0 saturated carbocycles. The number of ether oxygens (including phenoxy) is 1. The van der Waals surface area contributed by atoms with Gasteiger partial charge in [0, 0.05) is 12.3 Å². The summed E-state index contributed by atoms with van der Waals surface area (Å²) < 4.78 is 64.8. The minimum atomic E-state index is -1.92. The zero-order valence-corrected chi connectivity index (χ0v) is 20.6. The lowest BCUT2D eigenvalue weighted by Crippen LogP contribution is -2.48. The number of carboxylic acids is 1. The lowest BCUT2D eigenvalue weighted by molar-refractivity contribution is -0.140. The van der Waals surface area contributed by atoms with Crippen LogP contribution < -0.4 is 20.9 Å². The summed E-state index contributed by atoms with van der Waals surface area (Å²) in [5, 5.41) is 13.7. The largest absolute Gasteiger partial charge is 0.481 e. The summed E-state index contributed by atoms with van der Waals surface area (Å²) in [5.74, 6) is -13.4. The maximum absolute atomic E-state index is 13.8. The number of carboxylic acid groups (broad SMARTS) is 1.